The molecular formula is C32H29N3O5. The summed E-state index contributed by atoms with van der Waals surface area (Å²) in [5, 5.41) is 22.9. The Bertz CT molecular complexity index is 1770. The minimum atomic E-state index is -0.706. The van der Waals surface area contributed by atoms with E-state index in [9.17, 15) is 19.8 Å². The van der Waals surface area contributed by atoms with Gasteiger partial charge in [0, 0.05) is 73.4 Å². The van der Waals surface area contributed by atoms with Gasteiger partial charge in [0.1, 0.15) is 28.2 Å². The predicted molar refractivity (Wildman–Crippen MR) is 154 cm³/mol. The summed E-state index contributed by atoms with van der Waals surface area (Å²) in [4.78, 5) is 35.7. The lowest BCUT2D eigenvalue weighted by atomic mass is 9.84. The summed E-state index contributed by atoms with van der Waals surface area (Å²) in [6.07, 6.45) is 1.71. The smallest absolute Gasteiger partial charge is 0.223 e. The van der Waals surface area contributed by atoms with Gasteiger partial charge in [-0.2, -0.15) is 0 Å². The standard InChI is InChI=1S/C32H29N3O5/c1-34-13-15-35(16-14-34)28(39)17-23(22-11-5-9-21-10-6-12-33-31(21)22)29-24(36)18-25(37)30-26(38)19-27(40-32(29)30)20-7-3-2-4-8-20/h2-12,18-19,23,36-37H,13-17H2,1H3. The average molecular weight is 536 g/mol. The van der Waals surface area contributed by atoms with Gasteiger partial charge in [-0.1, -0.05) is 54.6 Å². The number of para-hydroxylation sites is 1. The van der Waals surface area contributed by atoms with Crippen molar-refractivity contribution in [2.24, 2.45) is 0 Å². The number of likely N-dealkylation sites (N-methyl/N-ethyl adjacent to an activating group) is 1. The van der Waals surface area contributed by atoms with Crippen molar-refractivity contribution < 1.29 is 19.4 Å². The highest BCUT2D eigenvalue weighted by molar-refractivity contribution is 5.92. The van der Waals surface area contributed by atoms with Crippen LogP contribution in [0.3, 0.4) is 0 Å². The van der Waals surface area contributed by atoms with Gasteiger partial charge in [-0.15, -0.1) is 0 Å². The Kier molecular flexibility index (Phi) is 6.69. The number of aromatic nitrogens is 1. The third kappa shape index (κ3) is 4.67. The van der Waals surface area contributed by atoms with Crippen molar-refractivity contribution in [2.75, 3.05) is 33.2 Å². The van der Waals surface area contributed by atoms with Gasteiger partial charge < -0.3 is 24.4 Å². The summed E-state index contributed by atoms with van der Waals surface area (Å²) >= 11 is 0. The predicted octanol–water partition coefficient (Wildman–Crippen LogP) is 4.72. The van der Waals surface area contributed by atoms with E-state index in [0.29, 0.717) is 29.9 Å². The van der Waals surface area contributed by atoms with Crippen LogP contribution in [0.5, 0.6) is 11.5 Å². The lowest BCUT2D eigenvalue weighted by Gasteiger charge is -2.33. The molecule has 2 N–H and O–H groups in total. The zero-order valence-electron chi connectivity index (χ0n) is 22.1. The number of amides is 1. The van der Waals surface area contributed by atoms with Gasteiger partial charge in [0.05, 0.1) is 5.52 Å². The molecule has 1 unspecified atom stereocenters. The molecule has 3 heterocycles. The number of phenols is 2. The number of hydrogen-bond donors (Lipinski definition) is 2. The van der Waals surface area contributed by atoms with Crippen LogP contribution in [0.2, 0.25) is 0 Å². The van der Waals surface area contributed by atoms with E-state index in [1.165, 1.54) is 6.07 Å². The molecule has 3 aromatic carbocycles. The van der Waals surface area contributed by atoms with Crippen LogP contribution < -0.4 is 5.43 Å². The molecule has 40 heavy (non-hydrogen) atoms. The van der Waals surface area contributed by atoms with E-state index in [1.807, 2.05) is 72.6 Å². The van der Waals surface area contributed by atoms with Crippen LogP contribution in [0.15, 0.2) is 88.2 Å². The molecule has 1 aliphatic rings. The summed E-state index contributed by atoms with van der Waals surface area (Å²) in [7, 11) is 2.03. The molecule has 1 fully saturated rings. The van der Waals surface area contributed by atoms with Gasteiger partial charge in [0.2, 0.25) is 5.91 Å². The zero-order chi connectivity index (χ0) is 27.8. The normalized spacial score (nSPS) is 15.0. The van der Waals surface area contributed by atoms with Crippen LogP contribution in [0, 0.1) is 0 Å². The molecule has 0 aliphatic carbocycles. The van der Waals surface area contributed by atoms with Gasteiger partial charge >= 0.3 is 0 Å². The molecule has 8 heteroatoms. The molecule has 1 atom stereocenters. The van der Waals surface area contributed by atoms with Crippen LogP contribution >= 0.6 is 0 Å². The maximum Gasteiger partial charge on any atom is 0.223 e. The molecule has 0 saturated carbocycles. The summed E-state index contributed by atoms with van der Waals surface area (Å²) in [5.74, 6) is -1.13. The fourth-order valence-corrected chi connectivity index (χ4v) is 5.54. The number of piperazine rings is 1. The zero-order valence-corrected chi connectivity index (χ0v) is 22.1. The Morgan fingerprint density at radius 1 is 0.950 bits per heavy atom. The first-order valence-corrected chi connectivity index (χ1v) is 13.3. The average Bonchev–Trinajstić information content (AvgIpc) is 2.96. The fraction of sp³-hybridized carbons (Fsp3) is 0.219. The van der Waals surface area contributed by atoms with Crippen LogP contribution in [0.25, 0.3) is 33.2 Å². The number of pyridine rings is 1. The maximum absolute atomic E-state index is 13.7. The van der Waals surface area contributed by atoms with Crippen molar-refractivity contribution in [3.63, 3.8) is 0 Å². The molecule has 0 spiro atoms. The number of carbonyl (C=O) groups excluding carboxylic acids is 1. The molecule has 202 valence electrons. The van der Waals surface area contributed by atoms with Gasteiger partial charge in [-0.3, -0.25) is 14.6 Å². The van der Waals surface area contributed by atoms with Crippen LogP contribution in [0.4, 0.5) is 0 Å². The number of fused-ring (bicyclic) bond motifs is 2. The lowest BCUT2D eigenvalue weighted by molar-refractivity contribution is -0.133. The second-order valence-electron chi connectivity index (χ2n) is 10.2. The summed E-state index contributed by atoms with van der Waals surface area (Å²) in [5.41, 5.74) is 1.95. The SMILES string of the molecule is CN1CCN(C(=O)CC(c2cccc3cccnc23)c2c(O)cc(O)c3c(=O)cc(-c4ccccc4)oc23)CC1. The Hall–Kier alpha value is -4.69. The van der Waals surface area contributed by atoms with Crippen molar-refractivity contribution in [3.05, 3.63) is 100 Å². The molecule has 1 amide bonds. The first-order chi connectivity index (χ1) is 19.4. The Balaban J connectivity index is 1.59. The van der Waals surface area contributed by atoms with Crippen molar-refractivity contribution >= 4 is 27.8 Å². The lowest BCUT2D eigenvalue weighted by Crippen LogP contribution is -2.47. The highest BCUT2D eigenvalue weighted by atomic mass is 16.3. The number of nitrogens with zero attached hydrogens (tertiary/aromatic N) is 3. The summed E-state index contributed by atoms with van der Waals surface area (Å²) in [6.45, 7) is 2.75. The van der Waals surface area contributed by atoms with E-state index in [-0.39, 0.29) is 40.4 Å². The van der Waals surface area contributed by atoms with Gasteiger partial charge in [-0.05, 0) is 18.7 Å². The van der Waals surface area contributed by atoms with Crippen molar-refractivity contribution in [1.82, 2.24) is 14.8 Å². The minimum absolute atomic E-state index is 0.0200. The number of aromatic hydroxyl groups is 2. The number of hydrogen-bond acceptors (Lipinski definition) is 7. The molecule has 5 aromatic rings. The monoisotopic (exact) mass is 535 g/mol. The van der Waals surface area contributed by atoms with Crippen LogP contribution in [-0.4, -0.2) is 64.1 Å². The molecular weight excluding hydrogens is 506 g/mol. The van der Waals surface area contributed by atoms with Crippen molar-refractivity contribution in [3.8, 4) is 22.8 Å². The van der Waals surface area contributed by atoms with Gasteiger partial charge in [0.25, 0.3) is 0 Å². The highest BCUT2D eigenvalue weighted by Gasteiger charge is 2.31. The molecule has 8 nitrogen and oxygen atoms in total. The number of carbonyl (C=O) groups is 1. The van der Waals surface area contributed by atoms with E-state index < -0.39 is 11.3 Å². The van der Waals surface area contributed by atoms with Crippen molar-refractivity contribution in [1.29, 1.82) is 0 Å². The molecule has 0 bridgehead atoms. The van der Waals surface area contributed by atoms with E-state index in [4.69, 9.17) is 4.42 Å². The van der Waals surface area contributed by atoms with E-state index in [2.05, 4.69) is 9.88 Å². The Morgan fingerprint density at radius 2 is 1.70 bits per heavy atom. The summed E-state index contributed by atoms with van der Waals surface area (Å²) in [6, 6.07) is 21.1. The third-order valence-corrected chi connectivity index (χ3v) is 7.68. The quantitative estimate of drug-likeness (QED) is 0.336. The van der Waals surface area contributed by atoms with E-state index in [1.54, 1.807) is 6.20 Å². The largest absolute Gasteiger partial charge is 0.507 e. The molecule has 0 radical (unpaired) electrons. The summed E-state index contributed by atoms with van der Waals surface area (Å²) < 4.78 is 6.31. The van der Waals surface area contributed by atoms with Gasteiger partial charge in [0.15, 0.2) is 5.43 Å². The molecule has 1 saturated heterocycles. The minimum Gasteiger partial charge on any atom is -0.507 e. The highest BCUT2D eigenvalue weighted by Crippen LogP contribution is 2.44. The Morgan fingerprint density at radius 3 is 2.48 bits per heavy atom. The van der Waals surface area contributed by atoms with E-state index in [0.717, 1.165) is 30.1 Å². The molecule has 6 rings (SSSR count). The fourth-order valence-electron chi connectivity index (χ4n) is 5.54. The maximum atomic E-state index is 13.7. The number of rotatable bonds is 5. The van der Waals surface area contributed by atoms with Crippen molar-refractivity contribution in [2.45, 2.75) is 12.3 Å². The number of phenolic OH excluding ortho intramolecular Hbond substituents is 2. The van der Waals surface area contributed by atoms with Crippen LogP contribution in [0.1, 0.15) is 23.5 Å². The Labute approximate surface area is 230 Å². The van der Waals surface area contributed by atoms with Crippen LogP contribution in [-0.2, 0) is 4.79 Å². The first kappa shape index (κ1) is 25.6. The first-order valence-electron chi connectivity index (χ1n) is 13.3. The third-order valence-electron chi connectivity index (χ3n) is 7.68. The number of benzene rings is 3. The van der Waals surface area contributed by atoms with E-state index >= 15 is 0 Å². The second-order valence-corrected chi connectivity index (χ2v) is 10.2. The second kappa shape index (κ2) is 10.5. The molecule has 1 aliphatic heterocycles. The topological polar surface area (TPSA) is 107 Å². The molecule has 2 aromatic heterocycles. The van der Waals surface area contributed by atoms with Gasteiger partial charge in [-0.25, -0.2) is 0 Å².